The molecule has 0 atom stereocenters. The van der Waals surface area contributed by atoms with Gasteiger partial charge in [-0.05, 0) is 29.8 Å². The van der Waals surface area contributed by atoms with Crippen LogP contribution in [-0.4, -0.2) is 43.9 Å². The Hall–Kier alpha value is -3.43. The zero-order valence-electron chi connectivity index (χ0n) is 18.3. The van der Waals surface area contributed by atoms with E-state index in [1.807, 2.05) is 37.5 Å². The number of rotatable bonds is 8. The lowest BCUT2D eigenvalue weighted by Gasteiger charge is -2.11. The number of hydrogen-bond acceptors (Lipinski definition) is 8. The Balaban J connectivity index is 0.00000193. The lowest BCUT2D eigenvalue weighted by Crippen LogP contribution is -2.03. The van der Waals surface area contributed by atoms with Crippen LogP contribution in [0.1, 0.15) is 17.0 Å². The monoisotopic (exact) mass is 490 g/mol. The van der Waals surface area contributed by atoms with Crippen LogP contribution in [0, 0.1) is 0 Å². The maximum Gasteiger partial charge on any atom is 0.257 e. The largest absolute Gasteiger partial charge is 0.495 e. The highest BCUT2D eigenvalue weighted by molar-refractivity contribution is 5.85. The summed E-state index contributed by atoms with van der Waals surface area (Å²) in [6.07, 6.45) is 9.36. The first-order chi connectivity index (χ1) is 15.1. The van der Waals surface area contributed by atoms with Crippen molar-refractivity contribution in [3.8, 4) is 28.8 Å². The van der Waals surface area contributed by atoms with Gasteiger partial charge in [-0.1, -0.05) is 0 Å². The molecule has 0 aromatic carbocycles. The number of aryl methyl sites for hydroxylation is 1. The van der Waals surface area contributed by atoms with Crippen LogP contribution in [0.4, 0.5) is 0 Å². The number of hydrogen-bond donors (Lipinski definition) is 0. The minimum Gasteiger partial charge on any atom is -0.495 e. The highest BCUT2D eigenvalue weighted by Gasteiger charge is 2.11. The molecule has 33 heavy (non-hydrogen) atoms. The summed E-state index contributed by atoms with van der Waals surface area (Å²) in [4.78, 5) is 17.7. The second-order valence-corrected chi connectivity index (χ2v) is 6.78. The van der Waals surface area contributed by atoms with E-state index >= 15 is 0 Å². The zero-order valence-corrected chi connectivity index (χ0v) is 20.0. The highest BCUT2D eigenvalue weighted by Crippen LogP contribution is 2.27. The van der Waals surface area contributed by atoms with Gasteiger partial charge in [0.15, 0.2) is 11.6 Å². The Bertz CT molecular complexity index is 1170. The molecule has 0 fully saturated rings. The van der Waals surface area contributed by atoms with Gasteiger partial charge in [0.25, 0.3) is 5.88 Å². The molecule has 9 nitrogen and oxygen atoms in total. The molecule has 11 heteroatoms. The second-order valence-electron chi connectivity index (χ2n) is 6.78. The topological polar surface area (TPSA) is 97.1 Å². The quantitative estimate of drug-likeness (QED) is 0.368. The maximum atomic E-state index is 5.80. The molecule has 0 saturated carbocycles. The molecule has 0 aliphatic heterocycles. The lowest BCUT2D eigenvalue weighted by molar-refractivity contribution is 0.268. The molecule has 0 spiro atoms. The third kappa shape index (κ3) is 6.53. The first kappa shape index (κ1) is 25.8. The van der Waals surface area contributed by atoms with E-state index in [9.17, 15) is 0 Å². The van der Waals surface area contributed by atoms with Crippen molar-refractivity contribution in [1.82, 2.24) is 29.7 Å². The number of nitrogens with zero attached hydrogens (tertiary/aromatic N) is 6. The summed E-state index contributed by atoms with van der Waals surface area (Å²) in [6.45, 7) is 0.271. The van der Waals surface area contributed by atoms with Crippen LogP contribution in [-0.2, 0) is 20.1 Å². The second kappa shape index (κ2) is 12.0. The van der Waals surface area contributed by atoms with Crippen molar-refractivity contribution in [1.29, 1.82) is 0 Å². The van der Waals surface area contributed by atoms with Crippen molar-refractivity contribution >= 4 is 24.8 Å². The van der Waals surface area contributed by atoms with Crippen LogP contribution in [0.15, 0.2) is 55.2 Å². The Morgan fingerprint density at radius 2 is 1.76 bits per heavy atom. The fraction of sp³-hybridized carbons (Fsp3) is 0.227. The summed E-state index contributed by atoms with van der Waals surface area (Å²) in [6, 6.07) is 7.46. The average Bonchev–Trinajstić information content (AvgIpc) is 3.25. The van der Waals surface area contributed by atoms with Gasteiger partial charge in [0.2, 0.25) is 0 Å². The van der Waals surface area contributed by atoms with E-state index in [4.69, 9.17) is 14.2 Å². The van der Waals surface area contributed by atoms with E-state index in [0.29, 0.717) is 29.6 Å². The molecule has 0 radical (unpaired) electrons. The van der Waals surface area contributed by atoms with Crippen LogP contribution in [0.3, 0.4) is 0 Å². The van der Waals surface area contributed by atoms with E-state index in [0.717, 1.165) is 22.5 Å². The van der Waals surface area contributed by atoms with Crippen molar-refractivity contribution in [3.05, 3.63) is 72.2 Å². The van der Waals surface area contributed by atoms with E-state index in [-0.39, 0.29) is 31.4 Å². The molecule has 0 saturated heterocycles. The molecule has 4 aromatic heterocycles. The van der Waals surface area contributed by atoms with Gasteiger partial charge in [-0.25, -0.2) is 15.0 Å². The number of halogens is 2. The van der Waals surface area contributed by atoms with E-state index < -0.39 is 0 Å². The van der Waals surface area contributed by atoms with E-state index in [1.54, 1.807) is 43.7 Å². The molecule has 174 valence electrons. The minimum absolute atomic E-state index is 0. The molecule has 0 aliphatic rings. The van der Waals surface area contributed by atoms with Gasteiger partial charge in [-0.2, -0.15) is 5.10 Å². The van der Waals surface area contributed by atoms with Crippen LogP contribution in [0.2, 0.25) is 0 Å². The molecular formula is C22H24Cl2N6O3. The lowest BCUT2D eigenvalue weighted by atomic mass is 10.1. The van der Waals surface area contributed by atoms with Crippen LogP contribution < -0.4 is 14.2 Å². The smallest absolute Gasteiger partial charge is 0.257 e. The fourth-order valence-electron chi connectivity index (χ4n) is 2.96. The van der Waals surface area contributed by atoms with Crippen molar-refractivity contribution in [2.45, 2.75) is 13.0 Å². The molecular weight excluding hydrogens is 467 g/mol. The van der Waals surface area contributed by atoms with Gasteiger partial charge in [0, 0.05) is 37.8 Å². The SMILES string of the molecule is COc1ccc(COc2ncc(Cc3ccnc(-c4cnn(C)c4)n3)cc2OC)nc1.Cl.Cl. The maximum absolute atomic E-state index is 5.80. The first-order valence-electron chi connectivity index (χ1n) is 9.60. The fourth-order valence-corrected chi connectivity index (χ4v) is 2.96. The van der Waals surface area contributed by atoms with Gasteiger partial charge in [-0.3, -0.25) is 9.67 Å². The predicted molar refractivity (Wildman–Crippen MR) is 127 cm³/mol. The summed E-state index contributed by atoms with van der Waals surface area (Å²) >= 11 is 0. The van der Waals surface area contributed by atoms with Crippen molar-refractivity contribution < 1.29 is 14.2 Å². The zero-order chi connectivity index (χ0) is 21.6. The summed E-state index contributed by atoms with van der Waals surface area (Å²) in [5.74, 6) is 2.29. The van der Waals surface area contributed by atoms with E-state index in [2.05, 4.69) is 25.0 Å². The third-order valence-corrected chi connectivity index (χ3v) is 4.55. The molecule has 4 rings (SSSR count). The Kier molecular flexibility index (Phi) is 9.38. The van der Waals surface area contributed by atoms with Crippen LogP contribution in [0.25, 0.3) is 11.4 Å². The van der Waals surface area contributed by atoms with Crippen LogP contribution >= 0.6 is 24.8 Å². The number of ether oxygens (including phenoxy) is 3. The number of pyridine rings is 2. The van der Waals surface area contributed by atoms with Crippen LogP contribution in [0.5, 0.6) is 17.4 Å². The molecule has 0 aliphatic carbocycles. The van der Waals surface area contributed by atoms with E-state index in [1.165, 1.54) is 0 Å². The summed E-state index contributed by atoms with van der Waals surface area (Å²) in [7, 11) is 5.05. The molecule has 0 unspecified atom stereocenters. The normalized spacial score (nSPS) is 10.0. The summed E-state index contributed by atoms with van der Waals surface area (Å²) in [5, 5.41) is 4.17. The predicted octanol–water partition coefficient (Wildman–Crippen LogP) is 3.70. The molecule has 0 amide bonds. The molecule has 4 aromatic rings. The molecule has 0 bridgehead atoms. The first-order valence-corrected chi connectivity index (χ1v) is 9.60. The summed E-state index contributed by atoms with van der Waals surface area (Å²) < 4.78 is 18.1. The van der Waals surface area contributed by atoms with Gasteiger partial charge in [0.1, 0.15) is 12.4 Å². The Morgan fingerprint density at radius 1 is 0.909 bits per heavy atom. The van der Waals surface area contributed by atoms with Crippen molar-refractivity contribution in [3.63, 3.8) is 0 Å². The van der Waals surface area contributed by atoms with Gasteiger partial charge >= 0.3 is 0 Å². The Morgan fingerprint density at radius 3 is 2.42 bits per heavy atom. The third-order valence-electron chi connectivity index (χ3n) is 4.55. The van der Waals surface area contributed by atoms with Gasteiger partial charge in [0.05, 0.1) is 37.9 Å². The summed E-state index contributed by atoms with van der Waals surface area (Å²) in [5.41, 5.74) is 3.45. The van der Waals surface area contributed by atoms with Gasteiger partial charge < -0.3 is 14.2 Å². The number of aromatic nitrogens is 6. The van der Waals surface area contributed by atoms with Crippen molar-refractivity contribution in [2.75, 3.05) is 14.2 Å². The molecule has 0 N–H and O–H groups in total. The standard InChI is InChI=1S/C22H22N6O3.2ClH/c1-28-13-16(11-26-28)21-23-7-6-17(27-21)8-15-9-20(30-3)22(25-10-15)31-14-18-4-5-19(29-2)12-24-18;;/h4-7,9-13H,8,14H2,1-3H3;2*1H. The Labute approximate surface area is 204 Å². The minimum atomic E-state index is 0. The highest BCUT2D eigenvalue weighted by atomic mass is 35.5. The molecule has 4 heterocycles. The number of methoxy groups -OCH3 is 2. The average molecular weight is 491 g/mol. The van der Waals surface area contributed by atoms with Gasteiger partial charge in [-0.15, -0.1) is 24.8 Å². The van der Waals surface area contributed by atoms with Crippen molar-refractivity contribution in [2.24, 2.45) is 7.05 Å².